The van der Waals surface area contributed by atoms with Gasteiger partial charge in [0.15, 0.2) is 0 Å². The first-order valence-corrected chi connectivity index (χ1v) is 26.6. The lowest BCUT2D eigenvalue weighted by atomic mass is 9.96. The molecule has 4 heterocycles. The van der Waals surface area contributed by atoms with Crippen molar-refractivity contribution in [2.24, 2.45) is 23.7 Å². The third-order valence-corrected chi connectivity index (χ3v) is 17.9. The van der Waals surface area contributed by atoms with E-state index in [1.807, 2.05) is 71.4 Å². The summed E-state index contributed by atoms with van der Waals surface area (Å²) in [5.41, 5.74) is 6.69. The summed E-state index contributed by atoms with van der Waals surface area (Å²) >= 11 is 15.0. The number of benzene rings is 1. The Morgan fingerprint density at radius 3 is 2.02 bits per heavy atom. The third-order valence-electron chi connectivity index (χ3n) is 11.1. The van der Waals surface area contributed by atoms with Crippen LogP contribution < -0.4 is 5.32 Å². The Morgan fingerprint density at radius 2 is 1.46 bits per heavy atom. The molecule has 4 aromatic rings. The first-order valence-electron chi connectivity index (χ1n) is 22.0. The molecule has 5 rings (SSSR count). The smallest absolute Gasteiger partial charge is 0.112 e. The second-order valence-electron chi connectivity index (χ2n) is 16.8. The molecule has 1 aromatic carbocycles. The summed E-state index contributed by atoms with van der Waals surface area (Å²) in [5.74, 6) is 3.16. The van der Waals surface area contributed by atoms with E-state index in [1.165, 1.54) is 131 Å². The predicted molar refractivity (Wildman–Crippen MR) is 270 cm³/mol. The van der Waals surface area contributed by atoms with Gasteiger partial charge < -0.3 is 5.32 Å². The van der Waals surface area contributed by atoms with Gasteiger partial charge in [0, 0.05) is 55.1 Å². The molecule has 0 amide bonds. The monoisotopic (exact) mass is 879 g/mol. The highest BCUT2D eigenvalue weighted by atomic mass is 32.2. The maximum Gasteiger partial charge on any atom is 0.112 e. The van der Waals surface area contributed by atoms with E-state index in [1.54, 1.807) is 0 Å². The van der Waals surface area contributed by atoms with Crippen LogP contribution in [0.2, 0.25) is 0 Å². The number of nitrogens with one attached hydrogen (secondary N) is 1. The number of hydrogen-bond donors (Lipinski definition) is 2. The SMILES string of the molecule is C/C=C(\S)c1c(C)c(SC(=C(C)CC)c2ccc(CCC(C)CCCC(C)C)s2)c(-c2cccs2)c2c1SC(c1ccc(CCC(C)CCCC(C)C)s1)N2.CC. The second kappa shape index (κ2) is 24.2. The van der Waals surface area contributed by atoms with E-state index in [-0.39, 0.29) is 5.37 Å². The lowest BCUT2D eigenvalue weighted by Crippen LogP contribution is -2.02. The zero-order valence-corrected chi connectivity index (χ0v) is 42.2. The van der Waals surface area contributed by atoms with Crippen LogP contribution in [0, 0.1) is 30.6 Å². The van der Waals surface area contributed by atoms with Gasteiger partial charge >= 0.3 is 0 Å². The number of thiol groups is 1. The number of anilines is 1. The minimum absolute atomic E-state index is 0.187. The first kappa shape index (κ1) is 48.3. The Balaban J connectivity index is 0.00000354. The van der Waals surface area contributed by atoms with E-state index in [2.05, 4.69) is 122 Å². The summed E-state index contributed by atoms with van der Waals surface area (Å²) in [6, 6.07) is 14.1. The molecule has 0 saturated heterocycles. The average Bonchev–Trinajstić information content (AvgIpc) is 4.03. The maximum atomic E-state index is 5.15. The highest BCUT2D eigenvalue weighted by Gasteiger charge is 2.34. The number of thiophene rings is 3. The van der Waals surface area contributed by atoms with Crippen LogP contribution in [0.15, 0.2) is 63.2 Å². The molecule has 3 unspecified atom stereocenters. The Kier molecular flexibility index (Phi) is 20.5. The topological polar surface area (TPSA) is 12.0 Å². The maximum absolute atomic E-state index is 5.15. The van der Waals surface area contributed by atoms with E-state index < -0.39 is 0 Å². The largest absolute Gasteiger partial charge is 0.367 e. The second-order valence-corrected chi connectivity index (χ2v) is 22.7. The van der Waals surface area contributed by atoms with Crippen LogP contribution in [-0.4, -0.2) is 0 Å². The van der Waals surface area contributed by atoms with E-state index >= 15 is 0 Å². The van der Waals surface area contributed by atoms with Gasteiger partial charge in [0.05, 0.1) is 5.69 Å². The molecule has 0 fully saturated rings. The minimum Gasteiger partial charge on any atom is -0.367 e. The van der Waals surface area contributed by atoms with Crippen molar-refractivity contribution in [3.8, 4) is 10.4 Å². The molecule has 314 valence electrons. The first-order chi connectivity index (χ1) is 27.4. The van der Waals surface area contributed by atoms with Crippen LogP contribution in [0.25, 0.3) is 20.3 Å². The van der Waals surface area contributed by atoms with Gasteiger partial charge in [-0.05, 0) is 118 Å². The quantitative estimate of drug-likeness (QED) is 0.0639. The zero-order valence-electron chi connectivity index (χ0n) is 37.3. The molecule has 1 aliphatic heterocycles. The van der Waals surface area contributed by atoms with E-state index in [0.717, 1.165) is 35.0 Å². The molecular weight excluding hydrogens is 807 g/mol. The molecule has 1 N–H and O–H groups in total. The van der Waals surface area contributed by atoms with Crippen molar-refractivity contribution in [3.05, 3.63) is 84.1 Å². The van der Waals surface area contributed by atoms with Gasteiger partial charge in [-0.3, -0.25) is 0 Å². The molecule has 0 bridgehead atoms. The van der Waals surface area contributed by atoms with Crippen molar-refractivity contribution in [1.82, 2.24) is 0 Å². The predicted octanol–water partition coefficient (Wildman–Crippen LogP) is 19.1. The fourth-order valence-electron chi connectivity index (χ4n) is 7.45. The van der Waals surface area contributed by atoms with E-state index in [0.29, 0.717) is 0 Å². The molecule has 3 atom stereocenters. The number of hydrogen-bond acceptors (Lipinski definition) is 7. The minimum atomic E-state index is 0.187. The van der Waals surface area contributed by atoms with Crippen molar-refractivity contribution >= 4 is 85.7 Å². The third kappa shape index (κ3) is 13.6. The zero-order chi connectivity index (χ0) is 41.6. The highest BCUT2D eigenvalue weighted by molar-refractivity contribution is 8.08. The van der Waals surface area contributed by atoms with Gasteiger partial charge in [-0.15, -0.1) is 46.6 Å². The highest BCUT2D eigenvalue weighted by Crippen LogP contribution is 2.60. The summed E-state index contributed by atoms with van der Waals surface area (Å²) in [6.45, 7) is 27.4. The fraction of sp³-hybridized carbons (Fsp3) is 0.560. The van der Waals surface area contributed by atoms with Gasteiger partial charge in [0.2, 0.25) is 0 Å². The number of aryl methyl sites for hydroxylation is 2. The van der Waals surface area contributed by atoms with Crippen LogP contribution in [0.3, 0.4) is 0 Å². The molecule has 1 aliphatic rings. The normalized spacial score (nSPS) is 15.7. The standard InChI is InChI=1S/C48H67NS6.C2H6/c1-11-34(9)45(40-27-25-36(52-40)23-21-32(7)18-13-16-30(3)4)54-46-35(10)42(38(50)12-2)47-44(43(46)39-20-15-29-51-39)49-48(55-47)41-28-26-37(53-41)24-22-33(8)19-14-17-31(5)6;1-2/h12,15,20,25-33,48-50H,11,13-14,16-19,21-24H2,1-10H3;1-2H3/b38-12-,45-34?;. The lowest BCUT2D eigenvalue weighted by Gasteiger charge is -2.22. The van der Waals surface area contributed by atoms with Crippen LogP contribution in [0.1, 0.15) is 170 Å². The lowest BCUT2D eigenvalue weighted by molar-refractivity contribution is 0.437. The summed E-state index contributed by atoms with van der Waals surface area (Å²) in [4.78, 5) is 12.3. The average molecular weight is 881 g/mol. The van der Waals surface area contributed by atoms with Crippen LogP contribution in [-0.2, 0) is 12.8 Å². The summed E-state index contributed by atoms with van der Waals surface area (Å²) in [7, 11) is 0. The van der Waals surface area contributed by atoms with Crippen molar-refractivity contribution < 1.29 is 0 Å². The Bertz CT molecular complexity index is 1870. The molecule has 1 nitrogen and oxygen atoms in total. The van der Waals surface area contributed by atoms with E-state index in [9.17, 15) is 0 Å². The fourth-order valence-corrected chi connectivity index (χ4v) is 13.7. The number of allylic oxidation sites excluding steroid dienone is 2. The van der Waals surface area contributed by atoms with Crippen molar-refractivity contribution in [2.45, 2.75) is 169 Å². The number of rotatable bonds is 21. The van der Waals surface area contributed by atoms with Gasteiger partial charge in [0.1, 0.15) is 5.37 Å². The van der Waals surface area contributed by atoms with Gasteiger partial charge in [-0.1, -0.05) is 142 Å². The molecular formula is C50H73NS6. The van der Waals surface area contributed by atoms with Crippen LogP contribution in [0.5, 0.6) is 0 Å². The molecule has 0 spiro atoms. The Hall–Kier alpha value is -1.35. The summed E-state index contributed by atoms with van der Waals surface area (Å²) in [6.07, 6.45) is 16.2. The number of thioether (sulfide) groups is 2. The Morgan fingerprint density at radius 1 is 0.842 bits per heavy atom. The number of fused-ring (bicyclic) bond motifs is 1. The molecule has 0 saturated carbocycles. The Labute approximate surface area is 375 Å². The molecule has 0 aliphatic carbocycles. The van der Waals surface area contributed by atoms with Crippen molar-refractivity contribution in [2.75, 3.05) is 5.32 Å². The van der Waals surface area contributed by atoms with E-state index in [4.69, 9.17) is 12.6 Å². The van der Waals surface area contributed by atoms with Crippen LogP contribution >= 0.6 is 70.2 Å². The molecule has 57 heavy (non-hydrogen) atoms. The molecule has 3 aromatic heterocycles. The molecule has 0 radical (unpaired) electrons. The molecule has 7 heteroatoms. The van der Waals surface area contributed by atoms with Gasteiger partial charge in [0.25, 0.3) is 0 Å². The summed E-state index contributed by atoms with van der Waals surface area (Å²) < 4.78 is 0. The van der Waals surface area contributed by atoms with Crippen molar-refractivity contribution in [1.29, 1.82) is 0 Å². The van der Waals surface area contributed by atoms with Gasteiger partial charge in [-0.2, -0.15) is 0 Å². The summed E-state index contributed by atoms with van der Waals surface area (Å²) in [5, 5.41) is 6.53. The van der Waals surface area contributed by atoms with Gasteiger partial charge in [-0.25, -0.2) is 0 Å². The van der Waals surface area contributed by atoms with Crippen LogP contribution in [0.4, 0.5) is 5.69 Å². The van der Waals surface area contributed by atoms with Crippen molar-refractivity contribution in [3.63, 3.8) is 0 Å².